The Morgan fingerprint density at radius 3 is 3.09 bits per heavy atom. The molecule has 0 aliphatic heterocycles. The Bertz CT molecular complexity index is 749. The molecule has 8 heteroatoms. The number of carbonyl (C=O) groups is 1. The molecule has 6 nitrogen and oxygen atoms in total. The molecule has 0 saturated heterocycles. The second-order valence-corrected chi connectivity index (χ2v) is 6.76. The van der Waals surface area contributed by atoms with E-state index in [1.807, 2.05) is 24.3 Å². The van der Waals surface area contributed by atoms with Crippen molar-refractivity contribution in [3.05, 3.63) is 29.3 Å². The topological polar surface area (TPSA) is 84.8 Å². The Balaban J connectivity index is 1.55. The van der Waals surface area contributed by atoms with E-state index < -0.39 is 0 Å². The Kier molecular flexibility index (Phi) is 4.69. The lowest BCUT2D eigenvalue weighted by atomic mass is 10.3. The number of aromatic amines is 2. The van der Waals surface area contributed by atoms with Gasteiger partial charge in [0.2, 0.25) is 11.0 Å². The molecule has 0 bridgehead atoms. The molecule has 3 rings (SSSR count). The van der Waals surface area contributed by atoms with Gasteiger partial charge in [-0.15, -0.1) is 10.2 Å². The van der Waals surface area contributed by atoms with E-state index in [2.05, 4.69) is 32.4 Å². The van der Waals surface area contributed by atoms with Gasteiger partial charge in [0.15, 0.2) is 11.0 Å². The second kappa shape index (κ2) is 6.89. The van der Waals surface area contributed by atoms with Gasteiger partial charge in [-0.1, -0.05) is 30.4 Å². The van der Waals surface area contributed by atoms with Gasteiger partial charge in [-0.2, -0.15) is 0 Å². The van der Waals surface area contributed by atoms with Crippen LogP contribution < -0.4 is 10.3 Å². The van der Waals surface area contributed by atoms with Crippen LogP contribution in [0.5, 0.6) is 0 Å². The van der Waals surface area contributed by atoms with Gasteiger partial charge in [0.05, 0.1) is 5.75 Å². The maximum atomic E-state index is 11.9. The van der Waals surface area contributed by atoms with Gasteiger partial charge < -0.3 is 0 Å². The van der Waals surface area contributed by atoms with Crippen LogP contribution in [0, 0.1) is 0 Å². The van der Waals surface area contributed by atoms with Gasteiger partial charge >= 0.3 is 5.16 Å². The Morgan fingerprint density at radius 1 is 1.41 bits per heavy atom. The lowest BCUT2D eigenvalue weighted by Gasteiger charge is -1.97. The SMILES string of the molecule is CCCc1nnc(NC(=O)CSc2[nH]c3ccccc3[nH+]2)s1. The molecular formula is C14H16N5OS2+. The van der Waals surface area contributed by atoms with Gasteiger partial charge in [0, 0.05) is 6.42 Å². The number of fused-ring (bicyclic) bond motifs is 1. The Labute approximate surface area is 135 Å². The minimum absolute atomic E-state index is 0.0868. The zero-order chi connectivity index (χ0) is 15.4. The lowest BCUT2D eigenvalue weighted by Crippen LogP contribution is -2.15. The molecule has 0 fully saturated rings. The second-order valence-electron chi connectivity index (χ2n) is 4.71. The molecule has 22 heavy (non-hydrogen) atoms. The molecule has 0 spiro atoms. The first kappa shape index (κ1) is 15.0. The molecule has 1 aromatic carbocycles. The van der Waals surface area contributed by atoms with Gasteiger partial charge in [0.25, 0.3) is 0 Å². The van der Waals surface area contributed by atoms with Crippen molar-refractivity contribution in [1.82, 2.24) is 15.2 Å². The third kappa shape index (κ3) is 3.63. The van der Waals surface area contributed by atoms with Crippen molar-refractivity contribution >= 4 is 45.2 Å². The fraction of sp³-hybridized carbons (Fsp3) is 0.286. The molecule has 3 aromatic rings. The summed E-state index contributed by atoms with van der Waals surface area (Å²) in [4.78, 5) is 18.4. The molecule has 0 saturated carbocycles. The molecule has 0 aliphatic carbocycles. The maximum absolute atomic E-state index is 11.9. The van der Waals surface area contributed by atoms with Crippen molar-refractivity contribution in [3.8, 4) is 0 Å². The van der Waals surface area contributed by atoms with Crippen molar-refractivity contribution in [2.75, 3.05) is 11.1 Å². The van der Waals surface area contributed by atoms with Crippen LogP contribution in [-0.2, 0) is 11.2 Å². The van der Waals surface area contributed by atoms with Gasteiger partial charge in [-0.3, -0.25) is 10.1 Å². The van der Waals surface area contributed by atoms with Gasteiger partial charge in [-0.05, 0) is 30.3 Å². The molecule has 0 aliphatic rings. The molecule has 114 valence electrons. The summed E-state index contributed by atoms with van der Waals surface area (Å²) in [7, 11) is 0. The molecular weight excluding hydrogens is 318 g/mol. The number of imidazole rings is 1. The normalized spacial score (nSPS) is 11.0. The van der Waals surface area contributed by atoms with Gasteiger partial charge in [0.1, 0.15) is 5.01 Å². The third-order valence-electron chi connectivity index (χ3n) is 2.95. The van der Waals surface area contributed by atoms with Crippen LogP contribution in [0.1, 0.15) is 18.4 Å². The summed E-state index contributed by atoms with van der Waals surface area (Å²) in [5.74, 6) is 0.225. The molecule has 0 radical (unpaired) electrons. The lowest BCUT2D eigenvalue weighted by molar-refractivity contribution is -0.396. The number of aryl methyl sites for hydroxylation is 1. The number of hydrogen-bond donors (Lipinski definition) is 2. The van der Waals surface area contributed by atoms with E-state index in [1.165, 1.54) is 23.1 Å². The van der Waals surface area contributed by atoms with Crippen molar-refractivity contribution < 1.29 is 9.78 Å². The molecule has 2 aromatic heterocycles. The van der Waals surface area contributed by atoms with E-state index in [1.54, 1.807) is 0 Å². The van der Waals surface area contributed by atoms with E-state index in [-0.39, 0.29) is 5.91 Å². The number of benzene rings is 1. The predicted molar refractivity (Wildman–Crippen MR) is 88.1 cm³/mol. The zero-order valence-corrected chi connectivity index (χ0v) is 13.7. The van der Waals surface area contributed by atoms with Crippen molar-refractivity contribution in [3.63, 3.8) is 0 Å². The summed E-state index contributed by atoms with van der Waals surface area (Å²) >= 11 is 2.86. The fourth-order valence-corrected chi connectivity index (χ4v) is 3.53. The average molecular weight is 334 g/mol. The summed E-state index contributed by atoms with van der Waals surface area (Å²) < 4.78 is 0. The third-order valence-corrected chi connectivity index (χ3v) is 4.75. The molecule has 2 heterocycles. The number of nitrogens with zero attached hydrogens (tertiary/aromatic N) is 2. The number of carbonyl (C=O) groups excluding carboxylic acids is 1. The number of H-pyrrole nitrogens is 2. The highest BCUT2D eigenvalue weighted by molar-refractivity contribution is 7.99. The number of rotatable bonds is 6. The quantitative estimate of drug-likeness (QED) is 0.678. The predicted octanol–water partition coefficient (Wildman–Crippen LogP) is 2.52. The highest BCUT2D eigenvalue weighted by Gasteiger charge is 2.13. The van der Waals surface area contributed by atoms with E-state index >= 15 is 0 Å². The Hall–Kier alpha value is -1.93. The first-order valence-electron chi connectivity index (χ1n) is 6.99. The molecule has 0 atom stereocenters. The number of aromatic nitrogens is 4. The number of thioether (sulfide) groups is 1. The van der Waals surface area contributed by atoms with Gasteiger partial charge in [-0.25, -0.2) is 9.97 Å². The van der Waals surface area contributed by atoms with Crippen LogP contribution in [0.25, 0.3) is 11.0 Å². The summed E-state index contributed by atoms with van der Waals surface area (Å²) in [5.41, 5.74) is 2.05. The highest BCUT2D eigenvalue weighted by Crippen LogP contribution is 2.18. The minimum Gasteiger partial charge on any atom is -0.300 e. The maximum Gasteiger partial charge on any atom is 0.315 e. The number of anilines is 1. The molecule has 0 unspecified atom stereocenters. The van der Waals surface area contributed by atoms with Crippen molar-refractivity contribution in [2.24, 2.45) is 0 Å². The monoisotopic (exact) mass is 334 g/mol. The first-order chi connectivity index (χ1) is 10.7. The standard InChI is InChI=1S/C14H15N5OS2/c1-2-5-12-18-19-14(22-12)17-11(20)8-21-13-15-9-6-3-4-7-10(9)16-13/h3-4,6-7H,2,5,8H2,1H3,(H,15,16)(H,17,19,20)/p+1. The zero-order valence-electron chi connectivity index (χ0n) is 12.0. The molecule has 3 N–H and O–H groups in total. The summed E-state index contributed by atoms with van der Waals surface area (Å²) in [6.07, 6.45) is 1.92. The Morgan fingerprint density at radius 2 is 2.27 bits per heavy atom. The van der Waals surface area contributed by atoms with Crippen LogP contribution in [-0.4, -0.2) is 26.8 Å². The summed E-state index contributed by atoms with van der Waals surface area (Å²) in [6, 6.07) is 7.92. The molecule has 1 amide bonds. The summed E-state index contributed by atoms with van der Waals surface area (Å²) in [6.45, 7) is 2.09. The number of para-hydroxylation sites is 2. The van der Waals surface area contributed by atoms with Crippen LogP contribution >= 0.6 is 23.1 Å². The number of amides is 1. The van der Waals surface area contributed by atoms with Crippen LogP contribution in [0.2, 0.25) is 0 Å². The van der Waals surface area contributed by atoms with E-state index in [0.29, 0.717) is 10.9 Å². The van der Waals surface area contributed by atoms with Crippen LogP contribution in [0.3, 0.4) is 0 Å². The summed E-state index contributed by atoms with van der Waals surface area (Å²) in [5, 5.41) is 13.2. The highest BCUT2D eigenvalue weighted by atomic mass is 32.2. The van der Waals surface area contributed by atoms with E-state index in [0.717, 1.165) is 34.0 Å². The fourth-order valence-electron chi connectivity index (χ4n) is 1.96. The number of nitrogens with one attached hydrogen (secondary N) is 3. The number of hydrogen-bond acceptors (Lipinski definition) is 5. The van der Waals surface area contributed by atoms with Crippen molar-refractivity contribution in [2.45, 2.75) is 24.9 Å². The van der Waals surface area contributed by atoms with Crippen molar-refractivity contribution in [1.29, 1.82) is 0 Å². The van der Waals surface area contributed by atoms with E-state index in [9.17, 15) is 4.79 Å². The largest absolute Gasteiger partial charge is 0.315 e. The smallest absolute Gasteiger partial charge is 0.300 e. The average Bonchev–Trinajstić information content (AvgIpc) is 3.12. The minimum atomic E-state index is -0.0868. The van der Waals surface area contributed by atoms with E-state index in [4.69, 9.17) is 0 Å². The first-order valence-corrected chi connectivity index (χ1v) is 8.80. The van der Waals surface area contributed by atoms with Crippen LogP contribution in [0.15, 0.2) is 29.4 Å². The van der Waals surface area contributed by atoms with Crippen LogP contribution in [0.4, 0.5) is 5.13 Å².